The van der Waals surface area contributed by atoms with E-state index < -0.39 is 0 Å². The number of aliphatic hydroxyl groups is 1. The minimum absolute atomic E-state index is 0.327. The molecular weight excluding hydrogens is 178 g/mol. The van der Waals surface area contributed by atoms with E-state index in [0.29, 0.717) is 18.4 Å². The van der Waals surface area contributed by atoms with Gasteiger partial charge in [-0.25, -0.2) is 0 Å². The van der Waals surface area contributed by atoms with Gasteiger partial charge >= 0.3 is 0 Å². The predicted molar refractivity (Wildman–Crippen MR) is 60.2 cm³/mol. The van der Waals surface area contributed by atoms with Crippen molar-refractivity contribution in [1.29, 1.82) is 0 Å². The summed E-state index contributed by atoms with van der Waals surface area (Å²) in [7, 11) is 0. The minimum atomic E-state index is -0.373. The van der Waals surface area contributed by atoms with E-state index in [1.165, 1.54) is 0 Å². The van der Waals surface area contributed by atoms with Crippen molar-refractivity contribution in [1.82, 2.24) is 5.32 Å². The molecule has 0 aliphatic rings. The Labute approximate surface area is 86.6 Å². The zero-order chi connectivity index (χ0) is 11.0. The molecule has 0 amide bonds. The number of rotatable bonds is 6. The molecule has 4 N–H and O–H groups in total. The van der Waals surface area contributed by atoms with Crippen molar-refractivity contribution in [3.8, 4) is 0 Å². The number of aliphatic hydroxyl groups excluding tert-OH is 1. The topological polar surface area (TPSA) is 70.6 Å². The lowest BCUT2D eigenvalue weighted by atomic mass is 9.97. The minimum Gasteiger partial charge on any atom is -0.391 e. The Morgan fingerprint density at radius 3 is 2.36 bits per heavy atom. The number of aliphatic imine (C=N–C) groups is 1. The van der Waals surface area contributed by atoms with E-state index >= 15 is 0 Å². The first kappa shape index (κ1) is 13.2. The third kappa shape index (κ3) is 5.07. The van der Waals surface area contributed by atoms with Gasteiger partial charge in [-0.3, -0.25) is 4.99 Å². The highest BCUT2D eigenvalue weighted by atomic mass is 16.3. The Hall–Kier alpha value is -0.770. The van der Waals surface area contributed by atoms with Crippen molar-refractivity contribution in [2.45, 2.75) is 39.7 Å². The summed E-state index contributed by atoms with van der Waals surface area (Å²) in [5, 5.41) is 12.6. The van der Waals surface area contributed by atoms with E-state index in [1.54, 1.807) is 0 Å². The molecule has 1 atom stereocenters. The maximum Gasteiger partial charge on any atom is 0.188 e. The molecule has 0 radical (unpaired) electrons. The average molecular weight is 201 g/mol. The van der Waals surface area contributed by atoms with Crippen LogP contribution in [0.2, 0.25) is 0 Å². The third-order valence-electron chi connectivity index (χ3n) is 2.40. The zero-order valence-corrected chi connectivity index (χ0v) is 9.45. The molecule has 4 heteroatoms. The molecule has 0 rings (SSSR count). The van der Waals surface area contributed by atoms with Crippen LogP contribution in [0.4, 0.5) is 0 Å². The van der Waals surface area contributed by atoms with Crippen LogP contribution in [0.5, 0.6) is 0 Å². The van der Waals surface area contributed by atoms with Gasteiger partial charge < -0.3 is 16.2 Å². The van der Waals surface area contributed by atoms with Gasteiger partial charge in [-0.1, -0.05) is 26.7 Å². The van der Waals surface area contributed by atoms with E-state index in [1.807, 2.05) is 6.92 Å². The second kappa shape index (κ2) is 7.62. The Balaban J connectivity index is 3.92. The second-order valence-corrected chi connectivity index (χ2v) is 3.40. The number of nitrogens with zero attached hydrogens (tertiary/aromatic N) is 1. The van der Waals surface area contributed by atoms with Crippen LogP contribution in [0.3, 0.4) is 0 Å². The van der Waals surface area contributed by atoms with Gasteiger partial charge in [0, 0.05) is 6.54 Å². The molecule has 0 spiro atoms. The smallest absolute Gasteiger partial charge is 0.188 e. The van der Waals surface area contributed by atoms with Crippen LogP contribution < -0.4 is 11.1 Å². The Morgan fingerprint density at radius 1 is 1.36 bits per heavy atom. The first-order chi connectivity index (χ1) is 6.65. The molecule has 4 nitrogen and oxygen atoms in total. The molecule has 14 heavy (non-hydrogen) atoms. The zero-order valence-electron chi connectivity index (χ0n) is 9.45. The molecule has 0 aromatic rings. The molecule has 84 valence electrons. The normalized spacial score (nSPS) is 14.5. The quantitative estimate of drug-likeness (QED) is 0.438. The summed E-state index contributed by atoms with van der Waals surface area (Å²) in [6.45, 7) is 7.27. The van der Waals surface area contributed by atoms with Crippen LogP contribution in [0.25, 0.3) is 0 Å². The maximum atomic E-state index is 9.74. The van der Waals surface area contributed by atoms with Crippen molar-refractivity contribution in [2.75, 3.05) is 13.1 Å². The number of hydrogen-bond donors (Lipinski definition) is 3. The molecule has 0 saturated carbocycles. The largest absolute Gasteiger partial charge is 0.391 e. The highest BCUT2D eigenvalue weighted by Gasteiger charge is 2.14. The van der Waals surface area contributed by atoms with E-state index in [0.717, 1.165) is 19.4 Å². The monoisotopic (exact) mass is 201 g/mol. The fourth-order valence-electron chi connectivity index (χ4n) is 1.41. The van der Waals surface area contributed by atoms with Gasteiger partial charge in [-0.05, 0) is 12.8 Å². The van der Waals surface area contributed by atoms with Crippen LogP contribution in [-0.4, -0.2) is 30.3 Å². The van der Waals surface area contributed by atoms with Crippen LogP contribution in [0, 0.1) is 5.92 Å². The van der Waals surface area contributed by atoms with Crippen LogP contribution in [-0.2, 0) is 0 Å². The summed E-state index contributed by atoms with van der Waals surface area (Å²) < 4.78 is 0. The molecule has 0 aromatic carbocycles. The van der Waals surface area contributed by atoms with Crippen molar-refractivity contribution in [3.63, 3.8) is 0 Å². The highest BCUT2D eigenvalue weighted by molar-refractivity contribution is 5.77. The number of guanidine groups is 1. The van der Waals surface area contributed by atoms with Gasteiger partial charge in [0.1, 0.15) is 0 Å². The maximum absolute atomic E-state index is 9.74. The lowest BCUT2D eigenvalue weighted by Gasteiger charge is -2.18. The highest BCUT2D eigenvalue weighted by Crippen LogP contribution is 2.12. The summed E-state index contributed by atoms with van der Waals surface area (Å²) in [6.07, 6.45) is 1.59. The fourth-order valence-corrected chi connectivity index (χ4v) is 1.41. The lowest BCUT2D eigenvalue weighted by Crippen LogP contribution is -2.33. The first-order valence-corrected chi connectivity index (χ1v) is 5.37. The second-order valence-electron chi connectivity index (χ2n) is 3.40. The number of nitrogens with one attached hydrogen (secondary N) is 1. The molecular formula is C10H23N3O. The molecule has 0 aliphatic heterocycles. The van der Waals surface area contributed by atoms with Crippen molar-refractivity contribution >= 4 is 5.96 Å². The predicted octanol–water partition coefficient (Wildman–Crippen LogP) is 0.708. The van der Waals surface area contributed by atoms with Crippen molar-refractivity contribution in [2.24, 2.45) is 16.6 Å². The molecule has 0 aliphatic carbocycles. The molecule has 0 fully saturated rings. The van der Waals surface area contributed by atoms with Crippen LogP contribution in [0.1, 0.15) is 33.6 Å². The van der Waals surface area contributed by atoms with Gasteiger partial charge in [0.25, 0.3) is 0 Å². The summed E-state index contributed by atoms with van der Waals surface area (Å²) >= 11 is 0. The Kier molecular flexibility index (Phi) is 7.20. The van der Waals surface area contributed by atoms with Crippen molar-refractivity contribution < 1.29 is 5.11 Å². The van der Waals surface area contributed by atoms with Gasteiger partial charge in [-0.15, -0.1) is 0 Å². The summed E-state index contributed by atoms with van der Waals surface area (Å²) in [4.78, 5) is 4.06. The Morgan fingerprint density at radius 2 is 1.93 bits per heavy atom. The summed E-state index contributed by atoms with van der Waals surface area (Å²) in [5.74, 6) is 0.741. The van der Waals surface area contributed by atoms with Crippen molar-refractivity contribution in [3.05, 3.63) is 0 Å². The van der Waals surface area contributed by atoms with E-state index in [4.69, 9.17) is 5.73 Å². The molecule has 0 bridgehead atoms. The average Bonchev–Trinajstić information content (AvgIpc) is 2.17. The molecule has 1 unspecified atom stereocenters. The first-order valence-electron chi connectivity index (χ1n) is 5.37. The standard InChI is InChI=1S/C10H23N3O/c1-4-8(5-2)9(14)7-13-10(11)12-6-3/h8-9,14H,4-7H2,1-3H3,(H3,11,12,13). The van der Waals surface area contributed by atoms with Gasteiger partial charge in [-0.2, -0.15) is 0 Å². The molecule has 0 heterocycles. The molecule has 0 saturated heterocycles. The van der Waals surface area contributed by atoms with Crippen LogP contribution >= 0.6 is 0 Å². The SMILES string of the molecule is CCNC(N)=NCC(O)C(CC)CC. The molecule has 0 aromatic heterocycles. The van der Waals surface area contributed by atoms with E-state index in [-0.39, 0.29) is 6.10 Å². The number of hydrogen-bond acceptors (Lipinski definition) is 2. The van der Waals surface area contributed by atoms with Crippen LogP contribution in [0.15, 0.2) is 4.99 Å². The summed E-state index contributed by atoms with van der Waals surface area (Å²) in [6, 6.07) is 0. The Bertz CT molecular complexity index is 167. The van der Waals surface area contributed by atoms with Gasteiger partial charge in [0.05, 0.1) is 12.6 Å². The number of nitrogens with two attached hydrogens (primary N) is 1. The van der Waals surface area contributed by atoms with E-state index in [9.17, 15) is 5.11 Å². The third-order valence-corrected chi connectivity index (χ3v) is 2.40. The van der Waals surface area contributed by atoms with Gasteiger partial charge in [0.2, 0.25) is 0 Å². The van der Waals surface area contributed by atoms with Gasteiger partial charge in [0.15, 0.2) is 5.96 Å². The lowest BCUT2D eigenvalue weighted by molar-refractivity contribution is 0.111. The fraction of sp³-hybridized carbons (Fsp3) is 0.900. The van der Waals surface area contributed by atoms with E-state index in [2.05, 4.69) is 24.2 Å². The summed E-state index contributed by atoms with van der Waals surface area (Å²) in [5.41, 5.74) is 5.54.